The summed E-state index contributed by atoms with van der Waals surface area (Å²) < 4.78 is 2.15. The number of benzene rings is 2. The number of halogens is 1. The highest BCUT2D eigenvalue weighted by Gasteiger charge is 2.15. The Balaban J connectivity index is 2.18. The second-order valence-corrected chi connectivity index (χ2v) is 6.72. The van der Waals surface area contributed by atoms with Crippen LogP contribution >= 0.6 is 11.6 Å². The Hall–Kier alpha value is -2.33. The average molecular weight is 343 g/mol. The summed E-state index contributed by atoms with van der Waals surface area (Å²) >= 11 is 6.13. The Bertz CT molecular complexity index is 900. The highest BCUT2D eigenvalue weighted by Crippen LogP contribution is 2.28. The monoisotopic (exact) mass is 342 g/mol. The van der Waals surface area contributed by atoms with Gasteiger partial charge in [-0.15, -0.1) is 0 Å². The first-order valence-electron chi connectivity index (χ1n) is 7.95. The van der Waals surface area contributed by atoms with Crippen molar-refractivity contribution in [1.82, 2.24) is 9.55 Å². The van der Waals surface area contributed by atoms with Gasteiger partial charge in [-0.3, -0.25) is 0 Å². The van der Waals surface area contributed by atoms with Crippen LogP contribution in [0.5, 0.6) is 0 Å². The van der Waals surface area contributed by atoms with E-state index in [4.69, 9.17) is 11.6 Å². The van der Waals surface area contributed by atoms with Gasteiger partial charge in [0, 0.05) is 17.1 Å². The lowest BCUT2D eigenvalue weighted by atomic mass is 10.1. The van der Waals surface area contributed by atoms with Crippen LogP contribution in [0, 0.1) is 5.92 Å². The molecule has 0 spiro atoms. The Morgan fingerprint density at radius 2 is 2.04 bits per heavy atom. The summed E-state index contributed by atoms with van der Waals surface area (Å²) in [6.07, 6.45) is 1.01. The number of imidazole rings is 1. The van der Waals surface area contributed by atoms with Crippen LogP contribution in [0.1, 0.15) is 30.6 Å². The molecule has 0 radical (unpaired) electrons. The average Bonchev–Trinajstić information content (AvgIpc) is 2.90. The number of aryl methyl sites for hydroxylation is 1. The van der Waals surface area contributed by atoms with E-state index in [1.54, 1.807) is 12.1 Å². The SMILES string of the molecule is CC(C)CCn1c(-c2cccc(Cl)c2)nc2cc(C(=O)O)ccc21. The van der Waals surface area contributed by atoms with Crippen molar-refractivity contribution in [3.8, 4) is 11.4 Å². The largest absolute Gasteiger partial charge is 0.478 e. The van der Waals surface area contributed by atoms with E-state index in [1.807, 2.05) is 30.3 Å². The number of aromatic carboxylic acids is 1. The van der Waals surface area contributed by atoms with Crippen molar-refractivity contribution < 1.29 is 9.90 Å². The van der Waals surface area contributed by atoms with E-state index in [-0.39, 0.29) is 5.56 Å². The van der Waals surface area contributed by atoms with Gasteiger partial charge in [0.1, 0.15) is 5.82 Å². The molecule has 3 rings (SSSR count). The number of carboxylic acids is 1. The zero-order valence-corrected chi connectivity index (χ0v) is 14.4. The molecule has 2 aromatic carbocycles. The first-order valence-corrected chi connectivity index (χ1v) is 8.33. The maximum atomic E-state index is 11.2. The van der Waals surface area contributed by atoms with Gasteiger partial charge in [-0.05, 0) is 42.7 Å². The van der Waals surface area contributed by atoms with Crippen LogP contribution in [0.4, 0.5) is 0 Å². The van der Waals surface area contributed by atoms with Crippen molar-refractivity contribution in [1.29, 1.82) is 0 Å². The van der Waals surface area contributed by atoms with E-state index in [0.29, 0.717) is 16.5 Å². The molecule has 0 aliphatic heterocycles. The topological polar surface area (TPSA) is 55.1 Å². The van der Waals surface area contributed by atoms with Crippen LogP contribution in [0.25, 0.3) is 22.4 Å². The predicted octanol–water partition coefficient (Wildman–Crippen LogP) is 5.10. The molecule has 0 amide bonds. The van der Waals surface area contributed by atoms with Gasteiger partial charge in [0.05, 0.1) is 16.6 Å². The second kappa shape index (κ2) is 6.65. The molecule has 0 fully saturated rings. The first-order chi connectivity index (χ1) is 11.5. The van der Waals surface area contributed by atoms with Gasteiger partial charge in [-0.1, -0.05) is 37.6 Å². The fourth-order valence-corrected chi connectivity index (χ4v) is 2.91. The first kappa shape index (κ1) is 16.5. The lowest BCUT2D eigenvalue weighted by Gasteiger charge is -2.11. The molecule has 3 aromatic rings. The van der Waals surface area contributed by atoms with E-state index < -0.39 is 5.97 Å². The van der Waals surface area contributed by atoms with Crippen LogP contribution in [0.3, 0.4) is 0 Å². The lowest BCUT2D eigenvalue weighted by Crippen LogP contribution is -2.04. The molecule has 124 valence electrons. The minimum atomic E-state index is -0.946. The standard InChI is InChI=1S/C19H19ClN2O2/c1-12(2)8-9-22-17-7-6-14(19(23)24)11-16(17)21-18(22)13-4-3-5-15(20)10-13/h3-7,10-12H,8-9H2,1-2H3,(H,23,24). The molecule has 0 saturated carbocycles. The number of carboxylic acid groups (broad SMARTS) is 1. The molecular weight excluding hydrogens is 324 g/mol. The number of hydrogen-bond acceptors (Lipinski definition) is 2. The molecule has 0 atom stereocenters. The van der Waals surface area contributed by atoms with Gasteiger partial charge in [0.15, 0.2) is 0 Å². The predicted molar refractivity (Wildman–Crippen MR) is 96.6 cm³/mol. The van der Waals surface area contributed by atoms with Crippen LogP contribution < -0.4 is 0 Å². The van der Waals surface area contributed by atoms with Crippen molar-refractivity contribution in [2.24, 2.45) is 5.92 Å². The van der Waals surface area contributed by atoms with E-state index in [1.165, 1.54) is 0 Å². The maximum Gasteiger partial charge on any atom is 0.335 e. The second-order valence-electron chi connectivity index (χ2n) is 6.29. The Labute approximate surface area is 145 Å². The molecule has 1 heterocycles. The summed E-state index contributed by atoms with van der Waals surface area (Å²) in [6, 6.07) is 12.7. The third-order valence-corrected chi connectivity index (χ3v) is 4.24. The van der Waals surface area contributed by atoms with Crippen LogP contribution in [0.2, 0.25) is 5.02 Å². The highest BCUT2D eigenvalue weighted by molar-refractivity contribution is 6.30. The van der Waals surface area contributed by atoms with E-state index in [0.717, 1.165) is 29.9 Å². The van der Waals surface area contributed by atoms with E-state index in [2.05, 4.69) is 23.4 Å². The molecule has 0 aliphatic rings. The number of nitrogens with zero attached hydrogens (tertiary/aromatic N) is 2. The van der Waals surface area contributed by atoms with Gasteiger partial charge in [-0.2, -0.15) is 0 Å². The number of rotatable bonds is 5. The molecule has 0 saturated heterocycles. The molecule has 5 heteroatoms. The Morgan fingerprint density at radius 1 is 1.25 bits per heavy atom. The summed E-state index contributed by atoms with van der Waals surface area (Å²) in [6.45, 7) is 5.18. The van der Waals surface area contributed by atoms with Gasteiger partial charge < -0.3 is 9.67 Å². The number of aromatic nitrogens is 2. The van der Waals surface area contributed by atoms with Crippen molar-refractivity contribution in [3.05, 3.63) is 53.1 Å². The van der Waals surface area contributed by atoms with Crippen molar-refractivity contribution >= 4 is 28.6 Å². The fourth-order valence-electron chi connectivity index (χ4n) is 2.72. The van der Waals surface area contributed by atoms with E-state index >= 15 is 0 Å². The molecule has 0 bridgehead atoms. The van der Waals surface area contributed by atoms with Crippen LogP contribution in [0.15, 0.2) is 42.5 Å². The van der Waals surface area contributed by atoms with Gasteiger partial charge in [-0.25, -0.2) is 9.78 Å². The summed E-state index contributed by atoms with van der Waals surface area (Å²) in [4.78, 5) is 15.9. The lowest BCUT2D eigenvalue weighted by molar-refractivity contribution is 0.0697. The third kappa shape index (κ3) is 3.29. The highest BCUT2D eigenvalue weighted by atomic mass is 35.5. The summed E-state index contributed by atoms with van der Waals surface area (Å²) in [7, 11) is 0. The Morgan fingerprint density at radius 3 is 2.71 bits per heavy atom. The molecular formula is C19H19ClN2O2. The summed E-state index contributed by atoms with van der Waals surface area (Å²) in [5, 5.41) is 9.85. The quantitative estimate of drug-likeness (QED) is 0.701. The van der Waals surface area contributed by atoms with Gasteiger partial charge in [0.25, 0.3) is 0 Å². The molecule has 0 aliphatic carbocycles. The Kier molecular flexibility index (Phi) is 4.58. The zero-order chi connectivity index (χ0) is 17.3. The molecule has 4 nitrogen and oxygen atoms in total. The van der Waals surface area contributed by atoms with Crippen LogP contribution in [-0.2, 0) is 6.54 Å². The van der Waals surface area contributed by atoms with Crippen molar-refractivity contribution in [2.45, 2.75) is 26.8 Å². The summed E-state index contributed by atoms with van der Waals surface area (Å²) in [5.41, 5.74) is 2.80. The van der Waals surface area contributed by atoms with Crippen LogP contribution in [-0.4, -0.2) is 20.6 Å². The van der Waals surface area contributed by atoms with Gasteiger partial charge in [0.2, 0.25) is 0 Å². The number of carbonyl (C=O) groups is 1. The van der Waals surface area contributed by atoms with Crippen molar-refractivity contribution in [2.75, 3.05) is 0 Å². The molecule has 0 unspecified atom stereocenters. The summed E-state index contributed by atoms with van der Waals surface area (Å²) in [5.74, 6) is 0.432. The third-order valence-electron chi connectivity index (χ3n) is 4.01. The number of fused-ring (bicyclic) bond motifs is 1. The fraction of sp³-hybridized carbons (Fsp3) is 0.263. The molecule has 1 N–H and O–H groups in total. The van der Waals surface area contributed by atoms with E-state index in [9.17, 15) is 9.90 Å². The van der Waals surface area contributed by atoms with Gasteiger partial charge >= 0.3 is 5.97 Å². The zero-order valence-electron chi connectivity index (χ0n) is 13.7. The number of hydrogen-bond donors (Lipinski definition) is 1. The maximum absolute atomic E-state index is 11.2. The minimum Gasteiger partial charge on any atom is -0.478 e. The molecule has 24 heavy (non-hydrogen) atoms. The minimum absolute atomic E-state index is 0.244. The normalized spacial score (nSPS) is 11.3. The van der Waals surface area contributed by atoms with Crippen molar-refractivity contribution in [3.63, 3.8) is 0 Å². The smallest absolute Gasteiger partial charge is 0.335 e. The molecule has 1 aromatic heterocycles.